The first kappa shape index (κ1) is 17.8. The van der Waals surface area contributed by atoms with Crippen LogP contribution in [0.3, 0.4) is 0 Å². The number of thioether (sulfide) groups is 1. The molecule has 0 saturated heterocycles. The molecule has 1 aromatic heterocycles. The SMILES string of the molecule is COc1ccc(CC(=O)NNC(=O)CSc2nc3ccccc3o2)cc1. The van der Waals surface area contributed by atoms with Crippen LogP contribution in [0.5, 0.6) is 5.75 Å². The summed E-state index contributed by atoms with van der Waals surface area (Å²) in [5.41, 5.74) is 6.99. The number of hydrogen-bond donors (Lipinski definition) is 2. The molecule has 0 atom stereocenters. The number of ether oxygens (including phenoxy) is 1. The van der Waals surface area contributed by atoms with E-state index >= 15 is 0 Å². The van der Waals surface area contributed by atoms with Gasteiger partial charge in [-0.05, 0) is 29.8 Å². The van der Waals surface area contributed by atoms with Crippen LogP contribution in [0.25, 0.3) is 11.1 Å². The topological polar surface area (TPSA) is 93.5 Å². The van der Waals surface area contributed by atoms with Crippen LogP contribution in [-0.2, 0) is 16.0 Å². The molecule has 2 amide bonds. The van der Waals surface area contributed by atoms with Gasteiger partial charge in [-0.2, -0.15) is 0 Å². The van der Waals surface area contributed by atoms with Gasteiger partial charge in [-0.25, -0.2) is 4.98 Å². The number of fused-ring (bicyclic) bond motifs is 1. The third-order valence-corrected chi connectivity index (χ3v) is 4.29. The summed E-state index contributed by atoms with van der Waals surface area (Å²) in [6.07, 6.45) is 0.155. The molecule has 3 rings (SSSR count). The van der Waals surface area contributed by atoms with Gasteiger partial charge in [0.05, 0.1) is 19.3 Å². The van der Waals surface area contributed by atoms with Gasteiger partial charge in [-0.3, -0.25) is 20.4 Å². The predicted octanol–water partition coefficient (Wildman–Crippen LogP) is 2.32. The summed E-state index contributed by atoms with van der Waals surface area (Å²) >= 11 is 1.16. The molecule has 8 heteroatoms. The average molecular weight is 371 g/mol. The highest BCUT2D eigenvalue weighted by molar-refractivity contribution is 7.99. The summed E-state index contributed by atoms with van der Waals surface area (Å²) in [6.45, 7) is 0. The molecular formula is C18H17N3O4S. The number of nitrogens with one attached hydrogen (secondary N) is 2. The number of hydrazine groups is 1. The molecule has 7 nitrogen and oxygen atoms in total. The van der Waals surface area contributed by atoms with Crippen molar-refractivity contribution in [1.82, 2.24) is 15.8 Å². The van der Waals surface area contributed by atoms with Crippen LogP contribution in [0.4, 0.5) is 0 Å². The summed E-state index contributed by atoms with van der Waals surface area (Å²) < 4.78 is 10.6. The fourth-order valence-corrected chi connectivity index (χ4v) is 2.83. The summed E-state index contributed by atoms with van der Waals surface area (Å²) in [4.78, 5) is 28.0. The monoisotopic (exact) mass is 371 g/mol. The molecule has 0 saturated carbocycles. The maximum atomic E-state index is 11.9. The maximum Gasteiger partial charge on any atom is 0.257 e. The van der Waals surface area contributed by atoms with Crippen LogP contribution < -0.4 is 15.6 Å². The van der Waals surface area contributed by atoms with Crippen molar-refractivity contribution in [3.05, 3.63) is 54.1 Å². The fourth-order valence-electron chi connectivity index (χ4n) is 2.19. The van der Waals surface area contributed by atoms with E-state index in [4.69, 9.17) is 9.15 Å². The van der Waals surface area contributed by atoms with E-state index in [9.17, 15) is 9.59 Å². The number of hydrogen-bond acceptors (Lipinski definition) is 6. The number of oxazole rings is 1. The van der Waals surface area contributed by atoms with Gasteiger partial charge >= 0.3 is 0 Å². The number of rotatable bonds is 6. The largest absolute Gasteiger partial charge is 0.497 e. The van der Waals surface area contributed by atoms with Gasteiger partial charge in [-0.1, -0.05) is 36.0 Å². The first-order chi connectivity index (χ1) is 12.6. The standard InChI is InChI=1S/C18H17N3O4S/c1-24-13-8-6-12(7-9-13)10-16(22)20-21-17(23)11-26-18-19-14-4-2-3-5-15(14)25-18/h2-9H,10-11H2,1H3,(H,20,22)(H,21,23). The lowest BCUT2D eigenvalue weighted by Crippen LogP contribution is -2.43. The highest BCUT2D eigenvalue weighted by Crippen LogP contribution is 2.22. The van der Waals surface area contributed by atoms with Gasteiger partial charge in [0.15, 0.2) is 5.58 Å². The first-order valence-corrected chi connectivity index (χ1v) is 8.81. The van der Waals surface area contributed by atoms with E-state index in [1.807, 2.05) is 24.3 Å². The van der Waals surface area contributed by atoms with Crippen molar-refractivity contribution in [1.29, 1.82) is 0 Å². The molecule has 3 aromatic rings. The van der Waals surface area contributed by atoms with Crippen LogP contribution in [0.1, 0.15) is 5.56 Å². The Morgan fingerprint density at radius 3 is 2.54 bits per heavy atom. The number of amides is 2. The number of benzene rings is 2. The Labute approximate surface area is 154 Å². The van der Waals surface area contributed by atoms with Gasteiger partial charge < -0.3 is 9.15 Å². The number of carbonyl (C=O) groups excluding carboxylic acids is 2. The second kappa shape index (κ2) is 8.39. The molecule has 134 valence electrons. The summed E-state index contributed by atoms with van der Waals surface area (Å²) in [7, 11) is 1.58. The summed E-state index contributed by atoms with van der Waals surface area (Å²) in [6, 6.07) is 14.5. The molecule has 0 aliphatic carbocycles. The Kier molecular flexibility index (Phi) is 5.75. The number of aromatic nitrogens is 1. The Balaban J connectivity index is 1.42. The molecule has 0 unspecified atom stereocenters. The molecule has 26 heavy (non-hydrogen) atoms. The van der Waals surface area contributed by atoms with Crippen LogP contribution in [0.15, 0.2) is 58.2 Å². The zero-order valence-electron chi connectivity index (χ0n) is 14.0. The van der Waals surface area contributed by atoms with Crippen molar-refractivity contribution in [3.63, 3.8) is 0 Å². The predicted molar refractivity (Wildman–Crippen MR) is 97.7 cm³/mol. The quantitative estimate of drug-likeness (QED) is 0.510. The minimum Gasteiger partial charge on any atom is -0.497 e. The van der Waals surface area contributed by atoms with E-state index in [1.54, 1.807) is 31.4 Å². The van der Waals surface area contributed by atoms with Gasteiger partial charge in [0.2, 0.25) is 11.8 Å². The third kappa shape index (κ3) is 4.76. The lowest BCUT2D eigenvalue weighted by molar-refractivity contribution is -0.127. The first-order valence-electron chi connectivity index (χ1n) is 7.83. The van der Waals surface area contributed by atoms with E-state index in [0.717, 1.165) is 28.6 Å². The van der Waals surface area contributed by atoms with E-state index in [-0.39, 0.29) is 24.0 Å². The Hall–Kier alpha value is -3.00. The Morgan fingerprint density at radius 2 is 1.81 bits per heavy atom. The second-order valence-corrected chi connectivity index (χ2v) is 6.28. The molecule has 0 aliphatic heterocycles. The summed E-state index contributed by atoms with van der Waals surface area (Å²) in [5, 5.41) is 0.408. The zero-order chi connectivity index (χ0) is 18.4. The van der Waals surface area contributed by atoms with E-state index in [1.165, 1.54) is 0 Å². The van der Waals surface area contributed by atoms with E-state index < -0.39 is 0 Å². The molecular weight excluding hydrogens is 354 g/mol. The number of methoxy groups -OCH3 is 1. The van der Waals surface area contributed by atoms with Crippen molar-refractivity contribution in [2.24, 2.45) is 0 Å². The molecule has 0 fully saturated rings. The normalized spacial score (nSPS) is 10.5. The van der Waals surface area contributed by atoms with Crippen LogP contribution >= 0.6 is 11.8 Å². The van der Waals surface area contributed by atoms with Gasteiger partial charge in [0.25, 0.3) is 5.22 Å². The lowest BCUT2D eigenvalue weighted by Gasteiger charge is -2.07. The number of para-hydroxylation sites is 2. The number of nitrogens with zero attached hydrogens (tertiary/aromatic N) is 1. The maximum absolute atomic E-state index is 11.9. The van der Waals surface area contributed by atoms with Gasteiger partial charge in [0.1, 0.15) is 11.3 Å². The van der Waals surface area contributed by atoms with Crippen molar-refractivity contribution in [3.8, 4) is 5.75 Å². The van der Waals surface area contributed by atoms with Crippen LogP contribution in [0.2, 0.25) is 0 Å². The highest BCUT2D eigenvalue weighted by atomic mass is 32.2. The van der Waals surface area contributed by atoms with Gasteiger partial charge in [0, 0.05) is 0 Å². The Morgan fingerprint density at radius 1 is 1.08 bits per heavy atom. The van der Waals surface area contributed by atoms with Crippen molar-refractivity contribution in [2.75, 3.05) is 12.9 Å². The lowest BCUT2D eigenvalue weighted by atomic mass is 10.1. The highest BCUT2D eigenvalue weighted by Gasteiger charge is 2.10. The molecule has 1 heterocycles. The van der Waals surface area contributed by atoms with E-state index in [0.29, 0.717) is 10.8 Å². The molecule has 2 N–H and O–H groups in total. The smallest absolute Gasteiger partial charge is 0.257 e. The molecule has 0 radical (unpaired) electrons. The van der Waals surface area contributed by atoms with Crippen LogP contribution in [0, 0.1) is 0 Å². The third-order valence-electron chi connectivity index (χ3n) is 3.47. The zero-order valence-corrected chi connectivity index (χ0v) is 14.8. The molecule has 0 spiro atoms. The van der Waals surface area contributed by atoms with E-state index in [2.05, 4.69) is 15.8 Å². The van der Waals surface area contributed by atoms with Crippen molar-refractivity contribution in [2.45, 2.75) is 11.6 Å². The molecule has 0 aliphatic rings. The Bertz CT molecular complexity index is 875. The summed E-state index contributed by atoms with van der Waals surface area (Å²) in [5.74, 6) is 0.143. The minimum atomic E-state index is -0.347. The molecule has 0 bridgehead atoms. The van der Waals surface area contributed by atoms with Crippen molar-refractivity contribution >= 4 is 34.7 Å². The fraction of sp³-hybridized carbons (Fsp3) is 0.167. The van der Waals surface area contributed by atoms with Crippen molar-refractivity contribution < 1.29 is 18.7 Å². The molecule has 2 aromatic carbocycles. The van der Waals surface area contributed by atoms with Crippen LogP contribution in [-0.4, -0.2) is 29.7 Å². The minimum absolute atomic E-state index is 0.0790. The number of carbonyl (C=O) groups is 2. The average Bonchev–Trinajstić information content (AvgIpc) is 3.08. The van der Waals surface area contributed by atoms with Gasteiger partial charge in [-0.15, -0.1) is 0 Å². The second-order valence-electron chi connectivity index (χ2n) is 5.36.